The molecule has 0 fully saturated rings. The van der Waals surface area contributed by atoms with Crippen LogP contribution in [0.5, 0.6) is 0 Å². The van der Waals surface area contributed by atoms with Gasteiger partial charge in [-0.1, -0.05) is 64.8 Å². The van der Waals surface area contributed by atoms with Gasteiger partial charge in [0.15, 0.2) is 0 Å². The summed E-state index contributed by atoms with van der Waals surface area (Å²) in [6.45, 7) is 12.3. The number of benzene rings is 1. The number of para-hydroxylation sites is 1. The molecule has 1 aliphatic heterocycles. The second-order valence-corrected chi connectivity index (χ2v) is 5.80. The lowest BCUT2D eigenvalue weighted by molar-refractivity contribution is 0.614. The summed E-state index contributed by atoms with van der Waals surface area (Å²) < 4.78 is 0. The normalized spacial score (nSPS) is 17.1. The SMILES string of the molecule is C=C1N(CCCCCC)c2ccccc2C1(C)C. The predicted molar refractivity (Wildman–Crippen MR) is 80.1 cm³/mol. The lowest BCUT2D eigenvalue weighted by Crippen LogP contribution is -2.26. The zero-order valence-corrected chi connectivity index (χ0v) is 12.0. The monoisotopic (exact) mass is 243 g/mol. The number of hydrogen-bond donors (Lipinski definition) is 0. The molecule has 0 bridgehead atoms. The zero-order valence-electron chi connectivity index (χ0n) is 12.0. The van der Waals surface area contributed by atoms with Crippen molar-refractivity contribution >= 4 is 5.69 Å². The summed E-state index contributed by atoms with van der Waals surface area (Å²) in [5, 5.41) is 0. The summed E-state index contributed by atoms with van der Waals surface area (Å²) in [6, 6.07) is 8.74. The number of fused-ring (bicyclic) bond motifs is 1. The van der Waals surface area contributed by atoms with Crippen LogP contribution < -0.4 is 4.90 Å². The van der Waals surface area contributed by atoms with E-state index in [0.29, 0.717) is 0 Å². The highest BCUT2D eigenvalue weighted by Gasteiger charge is 2.37. The third-order valence-electron chi connectivity index (χ3n) is 4.15. The quantitative estimate of drug-likeness (QED) is 0.666. The van der Waals surface area contributed by atoms with Gasteiger partial charge in [-0.2, -0.15) is 0 Å². The number of nitrogens with zero attached hydrogens (tertiary/aromatic N) is 1. The smallest absolute Gasteiger partial charge is 0.0450 e. The Balaban J connectivity index is 2.15. The molecule has 0 saturated carbocycles. The molecule has 0 N–H and O–H groups in total. The van der Waals surface area contributed by atoms with Crippen LogP contribution in [0.3, 0.4) is 0 Å². The average molecular weight is 243 g/mol. The molecule has 18 heavy (non-hydrogen) atoms. The maximum absolute atomic E-state index is 4.33. The predicted octanol–water partition coefficient (Wildman–Crippen LogP) is 4.88. The Labute approximate surface area is 112 Å². The molecule has 0 aliphatic carbocycles. The second-order valence-electron chi connectivity index (χ2n) is 5.80. The average Bonchev–Trinajstić information content (AvgIpc) is 2.56. The lowest BCUT2D eigenvalue weighted by atomic mass is 9.84. The Bertz CT molecular complexity index is 431. The van der Waals surface area contributed by atoms with Crippen LogP contribution in [0.2, 0.25) is 0 Å². The topological polar surface area (TPSA) is 3.24 Å². The molecule has 0 unspecified atom stereocenters. The number of allylic oxidation sites excluding steroid dienone is 1. The van der Waals surface area contributed by atoms with Gasteiger partial charge in [-0.15, -0.1) is 0 Å². The van der Waals surface area contributed by atoms with Crippen LogP contribution in [0.25, 0.3) is 0 Å². The standard InChI is InChI=1S/C17H25N/c1-5-6-7-10-13-18-14(2)17(3,4)15-11-8-9-12-16(15)18/h8-9,11-12H,2,5-7,10,13H2,1,3-4H3. The first kappa shape index (κ1) is 13.2. The highest BCUT2D eigenvalue weighted by molar-refractivity contribution is 5.69. The molecule has 0 spiro atoms. The number of unbranched alkanes of at least 4 members (excludes halogenated alkanes) is 3. The Morgan fingerprint density at radius 2 is 1.83 bits per heavy atom. The van der Waals surface area contributed by atoms with E-state index < -0.39 is 0 Å². The minimum atomic E-state index is 0.0847. The molecule has 0 atom stereocenters. The van der Waals surface area contributed by atoms with Gasteiger partial charge in [0, 0.05) is 23.3 Å². The molecular weight excluding hydrogens is 218 g/mol. The molecule has 0 amide bonds. The lowest BCUT2D eigenvalue weighted by Gasteiger charge is -2.25. The molecule has 1 heteroatoms. The summed E-state index contributed by atoms with van der Waals surface area (Å²) in [6.07, 6.45) is 5.22. The summed E-state index contributed by atoms with van der Waals surface area (Å²) in [5.41, 5.74) is 4.12. The molecule has 1 aromatic carbocycles. The number of anilines is 1. The molecule has 1 nitrogen and oxygen atoms in total. The first-order valence-corrected chi connectivity index (χ1v) is 7.15. The largest absolute Gasteiger partial charge is 0.345 e. The van der Waals surface area contributed by atoms with Crippen molar-refractivity contribution in [3.05, 3.63) is 42.1 Å². The van der Waals surface area contributed by atoms with Crippen molar-refractivity contribution in [2.24, 2.45) is 0 Å². The third-order valence-corrected chi connectivity index (χ3v) is 4.15. The Morgan fingerprint density at radius 3 is 2.56 bits per heavy atom. The summed E-state index contributed by atoms with van der Waals surface area (Å²) in [5.74, 6) is 0. The van der Waals surface area contributed by atoms with Crippen molar-refractivity contribution in [2.45, 2.75) is 51.9 Å². The molecule has 0 aromatic heterocycles. The van der Waals surface area contributed by atoms with E-state index in [1.54, 1.807) is 0 Å². The van der Waals surface area contributed by atoms with Crippen molar-refractivity contribution in [2.75, 3.05) is 11.4 Å². The van der Waals surface area contributed by atoms with Crippen molar-refractivity contribution < 1.29 is 0 Å². The second kappa shape index (κ2) is 5.17. The van der Waals surface area contributed by atoms with E-state index in [1.165, 1.54) is 42.6 Å². The van der Waals surface area contributed by atoms with Crippen molar-refractivity contribution in [1.82, 2.24) is 0 Å². The van der Waals surface area contributed by atoms with Gasteiger partial charge in [0.05, 0.1) is 0 Å². The fourth-order valence-electron chi connectivity index (χ4n) is 2.83. The van der Waals surface area contributed by atoms with Crippen LogP contribution >= 0.6 is 0 Å². The fourth-order valence-corrected chi connectivity index (χ4v) is 2.83. The Hall–Kier alpha value is -1.24. The van der Waals surface area contributed by atoms with Crippen molar-refractivity contribution in [3.63, 3.8) is 0 Å². The van der Waals surface area contributed by atoms with Crippen LogP contribution in [0, 0.1) is 0 Å². The number of hydrogen-bond acceptors (Lipinski definition) is 1. The molecule has 1 aromatic rings. The van der Waals surface area contributed by atoms with Gasteiger partial charge in [0.25, 0.3) is 0 Å². The van der Waals surface area contributed by atoms with E-state index in [2.05, 4.69) is 56.5 Å². The van der Waals surface area contributed by atoms with Gasteiger partial charge in [-0.05, 0) is 18.1 Å². The van der Waals surface area contributed by atoms with Gasteiger partial charge < -0.3 is 4.90 Å². The van der Waals surface area contributed by atoms with Crippen LogP contribution in [0.4, 0.5) is 5.69 Å². The van der Waals surface area contributed by atoms with Crippen molar-refractivity contribution in [1.29, 1.82) is 0 Å². The maximum Gasteiger partial charge on any atom is 0.0450 e. The van der Waals surface area contributed by atoms with E-state index in [0.717, 1.165) is 6.54 Å². The molecule has 98 valence electrons. The molecule has 1 aliphatic rings. The van der Waals surface area contributed by atoms with E-state index in [-0.39, 0.29) is 5.41 Å². The van der Waals surface area contributed by atoms with Crippen LogP contribution in [-0.4, -0.2) is 6.54 Å². The highest BCUT2D eigenvalue weighted by Crippen LogP contribution is 2.46. The number of rotatable bonds is 5. The van der Waals surface area contributed by atoms with Gasteiger partial charge in [-0.25, -0.2) is 0 Å². The van der Waals surface area contributed by atoms with Crippen molar-refractivity contribution in [3.8, 4) is 0 Å². The molecule has 1 heterocycles. The van der Waals surface area contributed by atoms with Gasteiger partial charge in [-0.3, -0.25) is 0 Å². The van der Waals surface area contributed by atoms with Crippen LogP contribution in [0.1, 0.15) is 52.0 Å². The van der Waals surface area contributed by atoms with Crippen LogP contribution in [0.15, 0.2) is 36.5 Å². The van der Waals surface area contributed by atoms with E-state index >= 15 is 0 Å². The third kappa shape index (κ3) is 2.19. The molecule has 0 saturated heterocycles. The molecular formula is C17H25N. The zero-order chi connectivity index (χ0) is 13.2. The van der Waals surface area contributed by atoms with Gasteiger partial charge in [0.1, 0.15) is 0 Å². The Morgan fingerprint density at radius 1 is 1.11 bits per heavy atom. The minimum absolute atomic E-state index is 0.0847. The molecule has 2 rings (SSSR count). The van der Waals surface area contributed by atoms with Gasteiger partial charge >= 0.3 is 0 Å². The van der Waals surface area contributed by atoms with Crippen LogP contribution in [-0.2, 0) is 5.41 Å². The maximum atomic E-state index is 4.33. The van der Waals surface area contributed by atoms with E-state index in [4.69, 9.17) is 0 Å². The van der Waals surface area contributed by atoms with E-state index in [1.807, 2.05) is 0 Å². The fraction of sp³-hybridized carbons (Fsp3) is 0.529. The molecule has 0 radical (unpaired) electrons. The minimum Gasteiger partial charge on any atom is -0.345 e. The Kier molecular flexibility index (Phi) is 3.79. The van der Waals surface area contributed by atoms with E-state index in [9.17, 15) is 0 Å². The highest BCUT2D eigenvalue weighted by atomic mass is 15.2. The first-order valence-electron chi connectivity index (χ1n) is 7.15. The van der Waals surface area contributed by atoms with Gasteiger partial charge in [0.2, 0.25) is 0 Å². The summed E-state index contributed by atoms with van der Waals surface area (Å²) >= 11 is 0. The first-order chi connectivity index (χ1) is 8.59. The summed E-state index contributed by atoms with van der Waals surface area (Å²) in [7, 11) is 0. The summed E-state index contributed by atoms with van der Waals surface area (Å²) in [4.78, 5) is 2.42.